The molecule has 1 aromatic heterocycles. The van der Waals surface area contributed by atoms with Crippen molar-refractivity contribution in [3.05, 3.63) is 19.8 Å². The summed E-state index contributed by atoms with van der Waals surface area (Å²) in [6.45, 7) is 4.52. The molecule has 0 aliphatic heterocycles. The lowest BCUT2D eigenvalue weighted by molar-refractivity contribution is -0.121. The van der Waals surface area contributed by atoms with Crippen molar-refractivity contribution >= 4 is 44.8 Å². The molecule has 1 amide bonds. The summed E-state index contributed by atoms with van der Waals surface area (Å²) >= 11 is 10.7. The van der Waals surface area contributed by atoms with Crippen LogP contribution in [0.1, 0.15) is 18.7 Å². The quantitative estimate of drug-likeness (QED) is 0.874. The van der Waals surface area contributed by atoms with Crippen molar-refractivity contribution in [2.75, 3.05) is 0 Å². The number of thiophene rings is 1. The van der Waals surface area contributed by atoms with Crippen LogP contribution in [0.3, 0.4) is 0 Å². The Hall–Kier alpha value is -0.100. The van der Waals surface area contributed by atoms with E-state index in [4.69, 9.17) is 17.3 Å². The zero-order valence-electron chi connectivity index (χ0n) is 9.09. The van der Waals surface area contributed by atoms with Crippen LogP contribution < -0.4 is 11.1 Å². The highest BCUT2D eigenvalue weighted by molar-refractivity contribution is 9.10. The van der Waals surface area contributed by atoms with Crippen molar-refractivity contribution in [3.8, 4) is 0 Å². The maximum atomic E-state index is 11.2. The van der Waals surface area contributed by atoms with Gasteiger partial charge in [-0.2, -0.15) is 0 Å². The minimum absolute atomic E-state index is 0.177. The molecule has 1 unspecified atom stereocenters. The molecule has 3 N–H and O–H groups in total. The van der Waals surface area contributed by atoms with E-state index >= 15 is 0 Å². The van der Waals surface area contributed by atoms with E-state index in [0.717, 1.165) is 13.7 Å². The molecule has 1 aromatic rings. The van der Waals surface area contributed by atoms with E-state index in [2.05, 4.69) is 21.2 Å². The number of carbonyl (C=O) groups is 1. The molecule has 0 aliphatic rings. The summed E-state index contributed by atoms with van der Waals surface area (Å²) < 4.78 is 1.60. The normalized spacial score (nSPS) is 13.1. The Bertz CT molecular complexity index is 361. The Kier molecular flexibility index (Phi) is 5.24. The molecular formula is C10H14BrClN2OS. The van der Waals surface area contributed by atoms with Crippen LogP contribution in [-0.2, 0) is 11.3 Å². The van der Waals surface area contributed by atoms with Crippen LogP contribution in [0.15, 0.2) is 10.5 Å². The van der Waals surface area contributed by atoms with E-state index in [1.54, 1.807) is 0 Å². The summed E-state index contributed by atoms with van der Waals surface area (Å²) in [6.07, 6.45) is 0. The third-order valence-electron chi connectivity index (χ3n) is 2.17. The van der Waals surface area contributed by atoms with E-state index in [0.29, 0.717) is 6.54 Å². The minimum Gasteiger partial charge on any atom is -0.368 e. The molecule has 3 nitrogen and oxygen atoms in total. The molecule has 90 valence electrons. The maximum Gasteiger partial charge on any atom is 0.234 e. The van der Waals surface area contributed by atoms with Gasteiger partial charge in [-0.05, 0) is 27.9 Å². The topological polar surface area (TPSA) is 55.1 Å². The number of rotatable bonds is 5. The van der Waals surface area contributed by atoms with Gasteiger partial charge in [-0.1, -0.05) is 25.4 Å². The number of halogens is 2. The number of hydrogen-bond acceptors (Lipinski definition) is 3. The van der Waals surface area contributed by atoms with Crippen molar-refractivity contribution in [2.45, 2.75) is 26.4 Å². The van der Waals surface area contributed by atoms with Crippen LogP contribution >= 0.6 is 38.9 Å². The second-order valence-electron chi connectivity index (χ2n) is 3.84. The summed E-state index contributed by atoms with van der Waals surface area (Å²) in [5.74, 6) is -0.145. The second kappa shape index (κ2) is 6.00. The van der Waals surface area contributed by atoms with E-state index < -0.39 is 0 Å². The number of nitrogens with one attached hydrogen (secondary N) is 1. The van der Waals surface area contributed by atoms with Crippen LogP contribution in [0.2, 0.25) is 4.34 Å². The fourth-order valence-corrected chi connectivity index (χ4v) is 3.10. The highest BCUT2D eigenvalue weighted by atomic mass is 79.9. The molecule has 0 aromatic carbocycles. The van der Waals surface area contributed by atoms with E-state index in [-0.39, 0.29) is 17.9 Å². The fraction of sp³-hybridized carbons (Fsp3) is 0.500. The van der Waals surface area contributed by atoms with Crippen LogP contribution in [0.5, 0.6) is 0 Å². The molecule has 0 spiro atoms. The van der Waals surface area contributed by atoms with Gasteiger partial charge in [0.25, 0.3) is 0 Å². The summed E-state index contributed by atoms with van der Waals surface area (Å²) in [5.41, 5.74) is 5.30. The van der Waals surface area contributed by atoms with Gasteiger partial charge in [0.05, 0.1) is 6.04 Å². The van der Waals surface area contributed by atoms with Crippen molar-refractivity contribution in [3.63, 3.8) is 0 Å². The first-order chi connectivity index (χ1) is 7.41. The highest BCUT2D eigenvalue weighted by Crippen LogP contribution is 2.31. The Balaban J connectivity index is 2.59. The molecule has 0 radical (unpaired) electrons. The molecule has 0 aliphatic carbocycles. The number of carbonyl (C=O) groups excluding carboxylic acids is 1. The van der Waals surface area contributed by atoms with Gasteiger partial charge in [0.1, 0.15) is 4.34 Å². The first kappa shape index (κ1) is 14.0. The van der Waals surface area contributed by atoms with Gasteiger partial charge in [0.2, 0.25) is 5.91 Å². The molecule has 0 saturated carbocycles. The van der Waals surface area contributed by atoms with E-state index in [1.807, 2.05) is 19.9 Å². The van der Waals surface area contributed by atoms with Crippen LogP contribution in [-0.4, -0.2) is 11.9 Å². The largest absolute Gasteiger partial charge is 0.368 e. The third kappa shape index (κ3) is 3.73. The van der Waals surface area contributed by atoms with Gasteiger partial charge in [0, 0.05) is 15.9 Å². The van der Waals surface area contributed by atoms with Crippen LogP contribution in [0.25, 0.3) is 0 Å². The Labute approximate surface area is 112 Å². The minimum atomic E-state index is -0.322. The zero-order valence-corrected chi connectivity index (χ0v) is 12.2. The monoisotopic (exact) mass is 324 g/mol. The summed E-state index contributed by atoms with van der Waals surface area (Å²) in [7, 11) is 0. The molecule has 0 fully saturated rings. The Morgan fingerprint density at radius 1 is 1.69 bits per heavy atom. The van der Waals surface area contributed by atoms with Crippen molar-refractivity contribution in [1.82, 2.24) is 5.32 Å². The summed E-state index contributed by atoms with van der Waals surface area (Å²) in [6, 6.07) is 1.64. The third-order valence-corrected chi connectivity index (χ3v) is 4.64. The molecule has 1 rings (SSSR count). The predicted molar refractivity (Wildman–Crippen MR) is 71.7 cm³/mol. The predicted octanol–water partition coefficient (Wildman–Crippen LogP) is 2.76. The van der Waals surface area contributed by atoms with Crippen molar-refractivity contribution in [1.29, 1.82) is 0 Å². The number of nitrogens with two attached hydrogens (primary N) is 1. The molecule has 0 saturated heterocycles. The van der Waals surface area contributed by atoms with Crippen molar-refractivity contribution < 1.29 is 4.79 Å². The lowest BCUT2D eigenvalue weighted by atomic mass is 10.0. The van der Waals surface area contributed by atoms with Gasteiger partial charge < -0.3 is 11.1 Å². The van der Waals surface area contributed by atoms with Gasteiger partial charge in [0.15, 0.2) is 0 Å². The molecule has 0 bridgehead atoms. The molecule has 6 heteroatoms. The smallest absolute Gasteiger partial charge is 0.234 e. The first-order valence-electron chi connectivity index (χ1n) is 4.88. The summed E-state index contributed by atoms with van der Waals surface area (Å²) in [4.78, 5) is 12.2. The van der Waals surface area contributed by atoms with Gasteiger partial charge in [-0.25, -0.2) is 0 Å². The first-order valence-corrected chi connectivity index (χ1v) is 6.87. The highest BCUT2D eigenvalue weighted by Gasteiger charge is 2.18. The lowest BCUT2D eigenvalue weighted by Gasteiger charge is -2.18. The Morgan fingerprint density at radius 3 is 2.69 bits per heavy atom. The second-order valence-corrected chi connectivity index (χ2v) is 6.43. The van der Waals surface area contributed by atoms with Crippen LogP contribution in [0, 0.1) is 5.92 Å². The number of primary amides is 1. The van der Waals surface area contributed by atoms with Gasteiger partial charge in [-0.3, -0.25) is 4.79 Å². The molecular weight excluding hydrogens is 312 g/mol. The average molecular weight is 326 g/mol. The lowest BCUT2D eigenvalue weighted by Crippen LogP contribution is -2.44. The molecule has 16 heavy (non-hydrogen) atoms. The van der Waals surface area contributed by atoms with Crippen LogP contribution in [0.4, 0.5) is 0 Å². The van der Waals surface area contributed by atoms with Gasteiger partial charge >= 0.3 is 0 Å². The van der Waals surface area contributed by atoms with Crippen molar-refractivity contribution in [2.24, 2.45) is 11.7 Å². The molecule has 1 atom stereocenters. The number of amides is 1. The van der Waals surface area contributed by atoms with E-state index in [1.165, 1.54) is 11.3 Å². The fourth-order valence-electron chi connectivity index (χ4n) is 1.35. The average Bonchev–Trinajstić information content (AvgIpc) is 2.45. The zero-order chi connectivity index (χ0) is 12.3. The van der Waals surface area contributed by atoms with Gasteiger partial charge in [-0.15, -0.1) is 11.3 Å². The maximum absolute atomic E-state index is 11.2. The SMILES string of the molecule is CC(C)C(NCc1cc(Br)c(Cl)s1)C(N)=O. The molecule has 1 heterocycles. The van der Waals surface area contributed by atoms with E-state index in [9.17, 15) is 4.79 Å². The standard InChI is InChI=1S/C10H14BrClN2OS/c1-5(2)8(10(13)15)14-4-6-3-7(11)9(12)16-6/h3,5,8,14H,4H2,1-2H3,(H2,13,15). The Morgan fingerprint density at radius 2 is 2.31 bits per heavy atom. The number of hydrogen-bond donors (Lipinski definition) is 2. The summed E-state index contributed by atoms with van der Waals surface area (Å²) in [5, 5.41) is 3.13.